The molecular formula is C12H13BrClF3N2. The summed E-state index contributed by atoms with van der Waals surface area (Å²) in [6.45, 7) is 0.484. The number of nitrogens with one attached hydrogen (secondary N) is 1. The van der Waals surface area contributed by atoms with Crippen molar-refractivity contribution in [1.82, 2.24) is 4.98 Å². The van der Waals surface area contributed by atoms with Gasteiger partial charge in [0.2, 0.25) is 0 Å². The molecule has 1 saturated carbocycles. The minimum absolute atomic E-state index is 0.0549. The zero-order valence-electron chi connectivity index (χ0n) is 10.0. The first-order valence-corrected chi connectivity index (χ1v) is 7.22. The molecule has 1 aromatic rings. The van der Waals surface area contributed by atoms with Gasteiger partial charge >= 0.3 is 6.18 Å². The molecule has 0 aliphatic heterocycles. The van der Waals surface area contributed by atoms with Crippen LogP contribution in [0, 0.1) is 5.41 Å². The maximum absolute atomic E-state index is 12.9. The van der Waals surface area contributed by atoms with Crippen molar-refractivity contribution in [3.8, 4) is 0 Å². The first kappa shape index (κ1) is 14.9. The third-order valence-corrected chi connectivity index (χ3v) is 4.00. The van der Waals surface area contributed by atoms with Crippen molar-refractivity contribution < 1.29 is 13.2 Å². The minimum atomic E-state index is -4.41. The van der Waals surface area contributed by atoms with E-state index < -0.39 is 11.7 Å². The number of rotatable bonds is 5. The van der Waals surface area contributed by atoms with E-state index >= 15 is 0 Å². The monoisotopic (exact) mass is 356 g/mol. The number of hydrogen-bond donors (Lipinski definition) is 1. The van der Waals surface area contributed by atoms with Crippen molar-refractivity contribution in [1.29, 1.82) is 0 Å². The topological polar surface area (TPSA) is 24.9 Å². The van der Waals surface area contributed by atoms with Crippen LogP contribution in [0.5, 0.6) is 0 Å². The SMILES string of the molecule is FC(F)(F)c1cc(Br)cnc1NCC1(CCCl)CC1. The Morgan fingerprint density at radius 2 is 2.11 bits per heavy atom. The van der Waals surface area contributed by atoms with Gasteiger partial charge in [0.25, 0.3) is 0 Å². The maximum atomic E-state index is 12.9. The molecule has 1 heterocycles. The molecule has 1 aromatic heterocycles. The number of nitrogens with zero attached hydrogens (tertiary/aromatic N) is 1. The Morgan fingerprint density at radius 1 is 1.42 bits per heavy atom. The average molecular weight is 358 g/mol. The van der Waals surface area contributed by atoms with Crippen LogP contribution < -0.4 is 5.32 Å². The summed E-state index contributed by atoms with van der Waals surface area (Å²) in [6.07, 6.45) is -0.227. The second-order valence-corrected chi connectivity index (χ2v) is 6.13. The molecular weight excluding hydrogens is 344 g/mol. The number of alkyl halides is 4. The van der Waals surface area contributed by atoms with Crippen molar-refractivity contribution in [2.75, 3.05) is 17.7 Å². The van der Waals surface area contributed by atoms with Gasteiger partial charge in [-0.05, 0) is 46.7 Å². The molecule has 2 rings (SSSR count). The zero-order valence-corrected chi connectivity index (χ0v) is 12.4. The molecule has 1 N–H and O–H groups in total. The summed E-state index contributed by atoms with van der Waals surface area (Å²) in [4.78, 5) is 3.82. The smallest absolute Gasteiger partial charge is 0.369 e. The quantitative estimate of drug-likeness (QED) is 0.774. The van der Waals surface area contributed by atoms with Gasteiger partial charge in [-0.3, -0.25) is 0 Å². The Kier molecular flexibility index (Phi) is 4.30. The maximum Gasteiger partial charge on any atom is 0.419 e. The van der Waals surface area contributed by atoms with Crippen molar-refractivity contribution in [3.63, 3.8) is 0 Å². The molecule has 7 heteroatoms. The molecule has 0 radical (unpaired) electrons. The lowest BCUT2D eigenvalue weighted by Crippen LogP contribution is -2.19. The van der Waals surface area contributed by atoms with E-state index in [9.17, 15) is 13.2 Å². The predicted molar refractivity (Wildman–Crippen MR) is 72.4 cm³/mol. The van der Waals surface area contributed by atoms with Crippen LogP contribution in [0.1, 0.15) is 24.8 Å². The molecule has 19 heavy (non-hydrogen) atoms. The number of aromatic nitrogens is 1. The summed E-state index contributed by atoms with van der Waals surface area (Å²) >= 11 is 8.71. The van der Waals surface area contributed by atoms with Gasteiger partial charge in [0.1, 0.15) is 5.82 Å². The van der Waals surface area contributed by atoms with E-state index in [-0.39, 0.29) is 11.2 Å². The van der Waals surface area contributed by atoms with Crippen LogP contribution in [-0.4, -0.2) is 17.4 Å². The Hall–Kier alpha value is -0.490. The highest BCUT2D eigenvalue weighted by Crippen LogP contribution is 2.49. The highest BCUT2D eigenvalue weighted by Gasteiger charge is 2.42. The number of pyridine rings is 1. The molecule has 106 valence electrons. The molecule has 0 saturated heterocycles. The van der Waals surface area contributed by atoms with Gasteiger partial charge in [-0.15, -0.1) is 11.6 Å². The Morgan fingerprint density at radius 3 is 2.63 bits per heavy atom. The van der Waals surface area contributed by atoms with E-state index in [2.05, 4.69) is 26.2 Å². The van der Waals surface area contributed by atoms with Crippen LogP contribution in [0.4, 0.5) is 19.0 Å². The molecule has 0 amide bonds. The fraction of sp³-hybridized carbons (Fsp3) is 0.583. The summed E-state index contributed by atoms with van der Waals surface area (Å²) in [5, 5.41) is 2.82. The standard InChI is InChI=1S/C12H13BrClF3N2/c13-8-5-9(12(15,16)17)10(18-6-8)19-7-11(1-2-11)3-4-14/h5-6H,1-4,7H2,(H,18,19). The van der Waals surface area contributed by atoms with Crippen molar-refractivity contribution >= 4 is 33.3 Å². The van der Waals surface area contributed by atoms with Crippen molar-refractivity contribution in [3.05, 3.63) is 22.3 Å². The third-order valence-electron chi connectivity index (χ3n) is 3.37. The molecule has 1 aliphatic carbocycles. The van der Waals surface area contributed by atoms with Gasteiger partial charge < -0.3 is 5.32 Å². The van der Waals surface area contributed by atoms with Crippen LogP contribution in [0.3, 0.4) is 0 Å². The van der Waals surface area contributed by atoms with Gasteiger partial charge in [-0.1, -0.05) is 0 Å². The predicted octanol–water partition coefficient (Wildman–Crippen LogP) is 4.68. The second kappa shape index (κ2) is 5.48. The molecule has 0 aromatic carbocycles. The van der Waals surface area contributed by atoms with E-state index in [0.29, 0.717) is 16.9 Å². The fourth-order valence-electron chi connectivity index (χ4n) is 1.96. The molecule has 0 atom stereocenters. The Bertz CT molecular complexity index is 461. The van der Waals surface area contributed by atoms with Gasteiger partial charge in [-0.2, -0.15) is 13.2 Å². The van der Waals surface area contributed by atoms with Gasteiger partial charge in [0, 0.05) is 23.1 Å². The van der Waals surface area contributed by atoms with E-state index in [0.717, 1.165) is 25.3 Å². The Labute approximate surface area is 122 Å². The molecule has 1 fully saturated rings. The lowest BCUT2D eigenvalue weighted by atomic mass is 10.0. The lowest BCUT2D eigenvalue weighted by molar-refractivity contribution is -0.137. The van der Waals surface area contributed by atoms with Crippen LogP contribution in [-0.2, 0) is 6.18 Å². The summed E-state index contributed by atoms with van der Waals surface area (Å²) in [5.41, 5.74) is -0.692. The van der Waals surface area contributed by atoms with Crippen LogP contribution in [0.25, 0.3) is 0 Å². The normalized spacial score (nSPS) is 17.3. The van der Waals surface area contributed by atoms with Crippen LogP contribution >= 0.6 is 27.5 Å². The van der Waals surface area contributed by atoms with E-state index in [1.165, 1.54) is 6.20 Å². The summed E-state index contributed by atoms with van der Waals surface area (Å²) in [6, 6.07) is 1.04. The minimum Gasteiger partial charge on any atom is -0.369 e. The van der Waals surface area contributed by atoms with E-state index in [4.69, 9.17) is 11.6 Å². The molecule has 0 unspecified atom stereocenters. The number of halogens is 5. The zero-order chi connectivity index (χ0) is 14.1. The van der Waals surface area contributed by atoms with E-state index in [1.54, 1.807) is 0 Å². The fourth-order valence-corrected chi connectivity index (χ4v) is 2.69. The van der Waals surface area contributed by atoms with Gasteiger partial charge in [-0.25, -0.2) is 4.98 Å². The first-order valence-electron chi connectivity index (χ1n) is 5.89. The van der Waals surface area contributed by atoms with Gasteiger partial charge in [0.05, 0.1) is 5.56 Å². The molecule has 0 bridgehead atoms. The highest BCUT2D eigenvalue weighted by atomic mass is 79.9. The lowest BCUT2D eigenvalue weighted by Gasteiger charge is -2.18. The van der Waals surface area contributed by atoms with Crippen molar-refractivity contribution in [2.24, 2.45) is 5.41 Å². The third kappa shape index (κ3) is 3.75. The summed E-state index contributed by atoms with van der Waals surface area (Å²) < 4.78 is 39.0. The highest BCUT2D eigenvalue weighted by molar-refractivity contribution is 9.10. The number of anilines is 1. The molecule has 1 aliphatic rings. The molecule has 0 spiro atoms. The van der Waals surface area contributed by atoms with Crippen LogP contribution in [0.15, 0.2) is 16.7 Å². The summed E-state index contributed by atoms with van der Waals surface area (Å²) in [7, 11) is 0. The average Bonchev–Trinajstić information content (AvgIpc) is 3.07. The first-order chi connectivity index (χ1) is 8.86. The Balaban J connectivity index is 2.12. The summed E-state index contributed by atoms with van der Waals surface area (Å²) in [5.74, 6) is 0.415. The number of hydrogen-bond acceptors (Lipinski definition) is 2. The second-order valence-electron chi connectivity index (χ2n) is 4.84. The van der Waals surface area contributed by atoms with E-state index in [1.807, 2.05) is 0 Å². The largest absolute Gasteiger partial charge is 0.419 e. The van der Waals surface area contributed by atoms with Crippen LogP contribution in [0.2, 0.25) is 0 Å². The van der Waals surface area contributed by atoms with Crippen molar-refractivity contribution in [2.45, 2.75) is 25.4 Å². The molecule has 2 nitrogen and oxygen atoms in total. The van der Waals surface area contributed by atoms with Gasteiger partial charge in [0.15, 0.2) is 0 Å².